The molecule has 2 aliphatic rings. The van der Waals surface area contributed by atoms with E-state index in [1.165, 1.54) is 24.3 Å². The lowest BCUT2D eigenvalue weighted by Gasteiger charge is -2.28. The first-order valence-electron chi connectivity index (χ1n) is 8.19. The number of nitro benzene ring substituents is 1. The Labute approximate surface area is 144 Å². The van der Waals surface area contributed by atoms with Crippen LogP contribution in [0.2, 0.25) is 0 Å². The third-order valence-corrected chi connectivity index (χ3v) is 4.50. The fraction of sp³-hybridized carbons (Fsp3) is 0.412. The highest BCUT2D eigenvalue weighted by atomic mass is 16.6. The number of amides is 2. The quantitative estimate of drug-likeness (QED) is 0.495. The maximum Gasteiger partial charge on any atom is 0.338 e. The van der Waals surface area contributed by atoms with Crippen molar-refractivity contribution in [3.8, 4) is 0 Å². The van der Waals surface area contributed by atoms with E-state index >= 15 is 0 Å². The van der Waals surface area contributed by atoms with Crippen LogP contribution in [0, 0.1) is 10.1 Å². The summed E-state index contributed by atoms with van der Waals surface area (Å²) in [5, 5.41) is 16.1. The molecule has 2 amide bonds. The number of allylic oxidation sites excluding steroid dienone is 1. The van der Waals surface area contributed by atoms with Gasteiger partial charge in [-0.1, -0.05) is 0 Å². The number of rotatable bonds is 4. The van der Waals surface area contributed by atoms with Crippen LogP contribution in [0.15, 0.2) is 35.5 Å². The third-order valence-electron chi connectivity index (χ3n) is 4.50. The standard InChI is InChI=1S/C17H19N3O5/c1-10-14(16(21)25-13-4-2-3-5-13)15(19-17(22)18-10)11-6-8-12(9-7-11)20(23)24/h6-9,13,15H,2-5H2,1H3,(H2,18,19,22). The van der Waals surface area contributed by atoms with Crippen LogP contribution in [-0.4, -0.2) is 23.0 Å². The minimum Gasteiger partial charge on any atom is -0.459 e. The van der Waals surface area contributed by atoms with Crippen molar-refractivity contribution < 1.29 is 19.2 Å². The Morgan fingerprint density at radius 1 is 1.24 bits per heavy atom. The van der Waals surface area contributed by atoms with Gasteiger partial charge in [-0.3, -0.25) is 10.1 Å². The molecule has 1 aliphatic heterocycles. The summed E-state index contributed by atoms with van der Waals surface area (Å²) in [7, 11) is 0. The Kier molecular flexibility index (Phi) is 4.69. The second kappa shape index (κ2) is 6.92. The number of hydrogen-bond donors (Lipinski definition) is 2. The summed E-state index contributed by atoms with van der Waals surface area (Å²) in [5.74, 6) is -0.472. The molecule has 1 atom stereocenters. The molecular formula is C17H19N3O5. The van der Waals surface area contributed by atoms with Crippen molar-refractivity contribution in [3.63, 3.8) is 0 Å². The van der Waals surface area contributed by atoms with E-state index in [4.69, 9.17) is 4.74 Å². The van der Waals surface area contributed by atoms with E-state index < -0.39 is 23.0 Å². The molecule has 1 unspecified atom stereocenters. The topological polar surface area (TPSA) is 111 Å². The summed E-state index contributed by atoms with van der Waals surface area (Å²) in [4.78, 5) is 34.8. The van der Waals surface area contributed by atoms with Gasteiger partial charge in [0.1, 0.15) is 6.10 Å². The summed E-state index contributed by atoms with van der Waals surface area (Å²) in [6, 6.07) is 4.62. The van der Waals surface area contributed by atoms with E-state index in [9.17, 15) is 19.7 Å². The number of nitrogens with zero attached hydrogens (tertiary/aromatic N) is 1. The van der Waals surface area contributed by atoms with E-state index in [-0.39, 0.29) is 11.8 Å². The average Bonchev–Trinajstić information content (AvgIpc) is 3.07. The van der Waals surface area contributed by atoms with Crippen LogP contribution in [0.25, 0.3) is 0 Å². The lowest BCUT2D eigenvalue weighted by molar-refractivity contribution is -0.384. The Hall–Kier alpha value is -2.90. The monoisotopic (exact) mass is 345 g/mol. The molecule has 8 heteroatoms. The van der Waals surface area contributed by atoms with Crippen molar-refractivity contribution in [2.24, 2.45) is 0 Å². The second-order valence-corrected chi connectivity index (χ2v) is 6.23. The highest BCUT2D eigenvalue weighted by Gasteiger charge is 2.34. The second-order valence-electron chi connectivity index (χ2n) is 6.23. The molecule has 0 saturated heterocycles. The van der Waals surface area contributed by atoms with Crippen LogP contribution >= 0.6 is 0 Å². The van der Waals surface area contributed by atoms with Crippen molar-refractivity contribution in [1.82, 2.24) is 10.6 Å². The number of carbonyl (C=O) groups excluding carboxylic acids is 2. The predicted molar refractivity (Wildman–Crippen MR) is 88.6 cm³/mol. The highest BCUT2D eigenvalue weighted by molar-refractivity contribution is 5.95. The van der Waals surface area contributed by atoms with Gasteiger partial charge in [-0.25, -0.2) is 9.59 Å². The Morgan fingerprint density at radius 2 is 1.88 bits per heavy atom. The molecule has 1 aliphatic carbocycles. The minimum absolute atomic E-state index is 0.0557. The summed E-state index contributed by atoms with van der Waals surface area (Å²) < 4.78 is 5.57. The number of non-ortho nitro benzene ring substituents is 1. The molecule has 0 bridgehead atoms. The van der Waals surface area contributed by atoms with Crippen molar-refractivity contribution in [3.05, 3.63) is 51.2 Å². The van der Waals surface area contributed by atoms with Gasteiger partial charge >= 0.3 is 12.0 Å². The molecule has 3 rings (SSSR count). The number of esters is 1. The van der Waals surface area contributed by atoms with Crippen molar-refractivity contribution >= 4 is 17.7 Å². The predicted octanol–water partition coefficient (Wildman–Crippen LogP) is 2.71. The summed E-state index contributed by atoms with van der Waals surface area (Å²) in [6.45, 7) is 1.64. The number of hydrogen-bond acceptors (Lipinski definition) is 5. The van der Waals surface area contributed by atoms with Crippen LogP contribution in [0.1, 0.15) is 44.2 Å². The van der Waals surface area contributed by atoms with Crippen LogP contribution in [-0.2, 0) is 9.53 Å². The molecule has 0 spiro atoms. The van der Waals surface area contributed by atoms with E-state index in [1.54, 1.807) is 6.92 Å². The summed E-state index contributed by atoms with van der Waals surface area (Å²) in [6.07, 6.45) is 3.68. The summed E-state index contributed by atoms with van der Waals surface area (Å²) >= 11 is 0. The molecule has 25 heavy (non-hydrogen) atoms. The van der Waals surface area contributed by atoms with Gasteiger partial charge < -0.3 is 15.4 Å². The third kappa shape index (κ3) is 3.62. The molecule has 132 valence electrons. The van der Waals surface area contributed by atoms with Gasteiger partial charge in [-0.05, 0) is 50.3 Å². The SMILES string of the molecule is CC1=C(C(=O)OC2CCCC2)C(c2ccc([N+](=O)[O-])cc2)NC(=O)N1. The lowest BCUT2D eigenvalue weighted by atomic mass is 9.95. The number of nitrogens with one attached hydrogen (secondary N) is 2. The largest absolute Gasteiger partial charge is 0.459 e. The molecule has 2 N–H and O–H groups in total. The molecule has 1 aromatic carbocycles. The number of urea groups is 1. The van der Waals surface area contributed by atoms with Crippen LogP contribution < -0.4 is 10.6 Å². The first-order valence-corrected chi connectivity index (χ1v) is 8.19. The molecule has 0 aromatic heterocycles. The normalized spacial score (nSPS) is 20.8. The van der Waals surface area contributed by atoms with E-state index in [0.29, 0.717) is 16.8 Å². The first-order chi connectivity index (χ1) is 12.0. The molecule has 1 heterocycles. The van der Waals surface area contributed by atoms with E-state index in [2.05, 4.69) is 10.6 Å². The molecule has 8 nitrogen and oxygen atoms in total. The van der Waals surface area contributed by atoms with Gasteiger partial charge in [-0.2, -0.15) is 0 Å². The van der Waals surface area contributed by atoms with Crippen molar-refractivity contribution in [2.45, 2.75) is 44.8 Å². The van der Waals surface area contributed by atoms with Gasteiger partial charge in [0.15, 0.2) is 0 Å². The van der Waals surface area contributed by atoms with E-state index in [0.717, 1.165) is 25.7 Å². The maximum absolute atomic E-state index is 12.7. The number of carbonyl (C=O) groups is 2. The minimum atomic E-state index is -0.705. The highest BCUT2D eigenvalue weighted by Crippen LogP contribution is 2.30. The van der Waals surface area contributed by atoms with Gasteiger partial charge in [0.2, 0.25) is 0 Å². The molecule has 1 fully saturated rings. The molecule has 0 radical (unpaired) electrons. The van der Waals surface area contributed by atoms with Gasteiger partial charge in [0, 0.05) is 17.8 Å². The average molecular weight is 345 g/mol. The lowest BCUT2D eigenvalue weighted by Crippen LogP contribution is -2.45. The van der Waals surface area contributed by atoms with Gasteiger partial charge in [0.05, 0.1) is 16.5 Å². The summed E-state index contributed by atoms with van der Waals surface area (Å²) in [5.41, 5.74) is 1.27. The zero-order valence-corrected chi connectivity index (χ0v) is 13.8. The molecule has 1 saturated carbocycles. The molecular weight excluding hydrogens is 326 g/mol. The van der Waals surface area contributed by atoms with Crippen LogP contribution in [0.4, 0.5) is 10.5 Å². The molecule has 1 aromatic rings. The number of benzene rings is 1. The van der Waals surface area contributed by atoms with Crippen molar-refractivity contribution in [1.29, 1.82) is 0 Å². The van der Waals surface area contributed by atoms with Crippen LogP contribution in [0.5, 0.6) is 0 Å². The Bertz CT molecular complexity index is 735. The van der Waals surface area contributed by atoms with Gasteiger partial charge in [0.25, 0.3) is 5.69 Å². The maximum atomic E-state index is 12.7. The Balaban J connectivity index is 1.88. The van der Waals surface area contributed by atoms with Crippen LogP contribution in [0.3, 0.4) is 0 Å². The number of ether oxygens (including phenoxy) is 1. The zero-order chi connectivity index (χ0) is 18.0. The fourth-order valence-corrected chi connectivity index (χ4v) is 3.22. The van der Waals surface area contributed by atoms with Crippen molar-refractivity contribution in [2.75, 3.05) is 0 Å². The smallest absolute Gasteiger partial charge is 0.338 e. The Morgan fingerprint density at radius 3 is 2.48 bits per heavy atom. The first kappa shape index (κ1) is 16.9. The number of nitro groups is 1. The zero-order valence-electron chi connectivity index (χ0n) is 13.8. The fourth-order valence-electron chi connectivity index (χ4n) is 3.22. The van der Waals surface area contributed by atoms with Gasteiger partial charge in [-0.15, -0.1) is 0 Å². The van der Waals surface area contributed by atoms with E-state index in [1.807, 2.05) is 0 Å².